The van der Waals surface area contributed by atoms with E-state index in [1.54, 1.807) is 0 Å². The first-order valence-corrected chi connectivity index (χ1v) is 13.0. The Morgan fingerprint density at radius 2 is 0.793 bits per heavy atom. The van der Waals surface area contributed by atoms with Crippen molar-refractivity contribution in [2.24, 2.45) is 23.7 Å². The zero-order chi connectivity index (χ0) is 20.5. The van der Waals surface area contributed by atoms with Crippen molar-refractivity contribution in [3.8, 4) is 0 Å². The lowest BCUT2D eigenvalue weighted by atomic mass is 9.81. The number of alkyl halides is 4. The van der Waals surface area contributed by atoms with Crippen LogP contribution in [-0.2, 0) is 28.7 Å². The molecule has 12 heteroatoms. The summed E-state index contributed by atoms with van der Waals surface area (Å²) in [6, 6.07) is 0. The summed E-state index contributed by atoms with van der Waals surface area (Å²) in [4.78, 5) is 54.0. The van der Waals surface area contributed by atoms with Gasteiger partial charge in [0.1, 0.15) is 6.67 Å². The van der Waals surface area contributed by atoms with Crippen molar-refractivity contribution in [1.29, 1.82) is 0 Å². The maximum absolute atomic E-state index is 13.0. The standard InChI is InChI=1S/C17H14Br4N2O6/c18-6-7(19)11-3-2(10(6)28-11)14(24)22(15(3)25)1-23-16(26)4-5(17(23)27)13-9(21)8(20)12(4)29-13/h2-13H,1H2. The molecule has 6 saturated heterocycles. The molecule has 4 amide bonds. The Hall–Kier alpha value is 0.120. The molecule has 12 unspecified atom stereocenters. The molecule has 4 bridgehead atoms. The van der Waals surface area contributed by atoms with Crippen molar-refractivity contribution >= 4 is 87.3 Å². The van der Waals surface area contributed by atoms with E-state index in [2.05, 4.69) is 63.7 Å². The fraction of sp³-hybridized carbons (Fsp3) is 0.765. The van der Waals surface area contributed by atoms with Crippen LogP contribution < -0.4 is 0 Å². The highest BCUT2D eigenvalue weighted by molar-refractivity contribution is 9.12. The Bertz CT molecular complexity index is 741. The van der Waals surface area contributed by atoms with E-state index >= 15 is 0 Å². The van der Waals surface area contributed by atoms with Gasteiger partial charge in [0.25, 0.3) is 0 Å². The summed E-state index contributed by atoms with van der Waals surface area (Å²) in [7, 11) is 0. The van der Waals surface area contributed by atoms with Crippen LogP contribution in [0.4, 0.5) is 0 Å². The Morgan fingerprint density at radius 1 is 0.552 bits per heavy atom. The molecule has 0 aromatic rings. The van der Waals surface area contributed by atoms with Gasteiger partial charge >= 0.3 is 0 Å². The number of hydrogen-bond acceptors (Lipinski definition) is 6. The number of carbonyl (C=O) groups excluding carboxylic acids is 4. The smallest absolute Gasteiger partial charge is 0.237 e. The van der Waals surface area contributed by atoms with Crippen molar-refractivity contribution in [2.75, 3.05) is 6.67 Å². The van der Waals surface area contributed by atoms with Crippen LogP contribution >= 0.6 is 63.7 Å². The first-order valence-electron chi connectivity index (χ1n) is 9.31. The number of amides is 4. The van der Waals surface area contributed by atoms with Crippen LogP contribution in [0.5, 0.6) is 0 Å². The van der Waals surface area contributed by atoms with Gasteiger partial charge in [0.2, 0.25) is 23.6 Å². The molecular formula is C17H14Br4N2O6. The molecule has 6 rings (SSSR count). The van der Waals surface area contributed by atoms with Crippen LogP contribution in [0.15, 0.2) is 0 Å². The molecule has 0 aromatic carbocycles. The highest BCUT2D eigenvalue weighted by Crippen LogP contribution is 2.55. The van der Waals surface area contributed by atoms with E-state index in [1.165, 1.54) is 0 Å². The number of likely N-dealkylation sites (tertiary alicyclic amines) is 2. The van der Waals surface area contributed by atoms with Gasteiger partial charge in [0, 0.05) is 0 Å². The second kappa shape index (κ2) is 6.34. The monoisotopic (exact) mass is 658 g/mol. The Labute approximate surface area is 198 Å². The third kappa shape index (κ3) is 2.26. The molecule has 156 valence electrons. The second-order valence-corrected chi connectivity index (χ2v) is 12.6. The normalized spacial score (nSPS) is 54.9. The molecule has 29 heavy (non-hydrogen) atoms. The van der Waals surface area contributed by atoms with E-state index in [0.717, 1.165) is 9.80 Å². The van der Waals surface area contributed by atoms with Gasteiger partial charge in [0.15, 0.2) is 0 Å². The largest absolute Gasteiger partial charge is 0.371 e. The average Bonchev–Trinajstić information content (AvgIpc) is 3.47. The molecule has 0 aliphatic carbocycles. The van der Waals surface area contributed by atoms with Crippen LogP contribution in [0.25, 0.3) is 0 Å². The predicted molar refractivity (Wildman–Crippen MR) is 111 cm³/mol. The number of ether oxygens (including phenoxy) is 2. The first-order chi connectivity index (χ1) is 13.7. The molecule has 6 aliphatic rings. The Balaban J connectivity index is 1.26. The van der Waals surface area contributed by atoms with Crippen LogP contribution in [0.1, 0.15) is 0 Å². The zero-order valence-electron chi connectivity index (χ0n) is 14.5. The van der Waals surface area contributed by atoms with Gasteiger partial charge in [-0.05, 0) is 0 Å². The summed E-state index contributed by atoms with van der Waals surface area (Å²) < 4.78 is 11.7. The van der Waals surface area contributed by atoms with Crippen molar-refractivity contribution in [3.63, 3.8) is 0 Å². The van der Waals surface area contributed by atoms with Gasteiger partial charge < -0.3 is 9.47 Å². The number of hydrogen-bond donors (Lipinski definition) is 0. The Morgan fingerprint density at radius 3 is 1.03 bits per heavy atom. The minimum Gasteiger partial charge on any atom is -0.371 e. The van der Waals surface area contributed by atoms with E-state index in [-0.39, 0.29) is 49.6 Å². The van der Waals surface area contributed by atoms with Crippen molar-refractivity contribution < 1.29 is 28.7 Å². The summed E-state index contributed by atoms with van der Waals surface area (Å²) >= 11 is 14.2. The molecule has 0 spiro atoms. The van der Waals surface area contributed by atoms with Crippen molar-refractivity contribution in [3.05, 3.63) is 0 Å². The molecule has 0 aromatic heterocycles. The minimum atomic E-state index is -0.573. The highest BCUT2D eigenvalue weighted by atomic mass is 79.9. The molecule has 6 heterocycles. The zero-order valence-corrected chi connectivity index (χ0v) is 20.8. The fourth-order valence-corrected chi connectivity index (χ4v) is 8.89. The molecule has 6 aliphatic heterocycles. The molecule has 12 atom stereocenters. The minimum absolute atomic E-state index is 0.0700. The van der Waals surface area contributed by atoms with Crippen molar-refractivity contribution in [1.82, 2.24) is 9.80 Å². The van der Waals surface area contributed by atoms with E-state index in [9.17, 15) is 19.2 Å². The maximum atomic E-state index is 13.0. The lowest BCUT2D eigenvalue weighted by molar-refractivity contribution is -0.151. The summed E-state index contributed by atoms with van der Waals surface area (Å²) in [6.45, 7) is -0.325. The number of imide groups is 2. The van der Waals surface area contributed by atoms with Gasteiger partial charge in [-0.15, -0.1) is 0 Å². The van der Waals surface area contributed by atoms with Crippen LogP contribution in [0.3, 0.4) is 0 Å². The molecule has 0 N–H and O–H groups in total. The van der Waals surface area contributed by atoms with Gasteiger partial charge in [-0.2, -0.15) is 0 Å². The maximum Gasteiger partial charge on any atom is 0.237 e. The predicted octanol–water partition coefficient (Wildman–Crippen LogP) is 0.762. The quantitative estimate of drug-likeness (QED) is 0.321. The van der Waals surface area contributed by atoms with Gasteiger partial charge in [-0.3, -0.25) is 29.0 Å². The number of fused-ring (bicyclic) bond motifs is 10. The summed E-state index contributed by atoms with van der Waals surface area (Å²) in [5.74, 6) is -3.77. The van der Waals surface area contributed by atoms with Crippen LogP contribution in [-0.4, -0.2) is 83.8 Å². The lowest BCUT2D eigenvalue weighted by Crippen LogP contribution is -2.47. The van der Waals surface area contributed by atoms with E-state index in [0.29, 0.717) is 0 Å². The topological polar surface area (TPSA) is 93.2 Å². The first kappa shape index (κ1) is 19.8. The molecule has 0 radical (unpaired) electrons. The van der Waals surface area contributed by atoms with E-state index in [4.69, 9.17) is 9.47 Å². The van der Waals surface area contributed by atoms with Crippen LogP contribution in [0, 0.1) is 23.7 Å². The molecule has 6 fully saturated rings. The third-order valence-corrected chi connectivity index (χ3v) is 13.0. The average molecular weight is 662 g/mol. The number of rotatable bonds is 2. The third-order valence-electron chi connectivity index (χ3n) is 7.17. The van der Waals surface area contributed by atoms with Gasteiger partial charge in [-0.1, -0.05) is 63.7 Å². The van der Waals surface area contributed by atoms with E-state index in [1.807, 2.05) is 0 Å². The van der Waals surface area contributed by atoms with Crippen molar-refractivity contribution in [2.45, 2.75) is 43.7 Å². The fourth-order valence-electron chi connectivity index (χ4n) is 5.87. The lowest BCUT2D eigenvalue weighted by Gasteiger charge is -2.24. The summed E-state index contributed by atoms with van der Waals surface area (Å²) in [5.41, 5.74) is 0. The van der Waals surface area contributed by atoms with Gasteiger partial charge in [-0.25, -0.2) is 0 Å². The number of nitrogens with zero attached hydrogens (tertiary/aromatic N) is 2. The molecular weight excluding hydrogens is 648 g/mol. The number of halogens is 4. The summed E-state index contributed by atoms with van der Waals surface area (Å²) in [6.07, 6.45) is -1.58. The summed E-state index contributed by atoms with van der Waals surface area (Å²) in [5, 5.41) is 0. The second-order valence-electron chi connectivity index (χ2n) is 8.36. The van der Waals surface area contributed by atoms with E-state index < -0.39 is 48.1 Å². The SMILES string of the molecule is O=C1C2C3OC(C(Br)C3Br)C2C(=O)N1CN1C(=O)C2C3OC(C(Br)C3Br)C2C1=O. The molecule has 8 nitrogen and oxygen atoms in total. The van der Waals surface area contributed by atoms with Crippen LogP contribution in [0.2, 0.25) is 0 Å². The highest BCUT2D eigenvalue weighted by Gasteiger charge is 2.70. The molecule has 0 saturated carbocycles. The van der Waals surface area contributed by atoms with Gasteiger partial charge in [0.05, 0.1) is 67.4 Å². The Kier molecular flexibility index (Phi) is 4.32. The number of carbonyl (C=O) groups is 4.